The first-order valence-electron chi connectivity index (χ1n) is 25.4. The fraction of sp³-hybridized carbons (Fsp3) is 0.709. The molecule has 3 atom stereocenters. The lowest BCUT2D eigenvalue weighted by Gasteiger charge is -2.24. The van der Waals surface area contributed by atoms with Crippen LogP contribution < -0.4 is 5.32 Å². The molecular weight excluding hydrogens is 755 g/mol. The number of amides is 1. The summed E-state index contributed by atoms with van der Waals surface area (Å²) in [5, 5.41) is 23.7. The van der Waals surface area contributed by atoms with Crippen LogP contribution in [0.4, 0.5) is 0 Å². The number of hydrogen-bond donors (Lipinski definition) is 3. The van der Waals surface area contributed by atoms with Gasteiger partial charge in [-0.3, -0.25) is 9.59 Å². The molecule has 0 rings (SSSR count). The van der Waals surface area contributed by atoms with Crippen molar-refractivity contribution in [2.24, 2.45) is 0 Å². The van der Waals surface area contributed by atoms with Crippen molar-refractivity contribution in [2.45, 2.75) is 244 Å². The zero-order chi connectivity index (χ0) is 44.5. The number of allylic oxidation sites excluding steroid dienone is 14. The van der Waals surface area contributed by atoms with Crippen LogP contribution in [0, 0.1) is 0 Å². The second-order valence-corrected chi connectivity index (χ2v) is 17.0. The number of nitrogens with one attached hydrogen (secondary N) is 1. The van der Waals surface area contributed by atoms with E-state index in [-0.39, 0.29) is 24.9 Å². The van der Waals surface area contributed by atoms with Crippen molar-refractivity contribution in [3.05, 3.63) is 85.1 Å². The van der Waals surface area contributed by atoms with Gasteiger partial charge in [-0.05, 0) is 64.2 Å². The van der Waals surface area contributed by atoms with Crippen molar-refractivity contribution in [2.75, 3.05) is 6.61 Å². The van der Waals surface area contributed by atoms with Gasteiger partial charge in [0.25, 0.3) is 0 Å². The van der Waals surface area contributed by atoms with E-state index in [9.17, 15) is 19.8 Å². The molecule has 0 aliphatic rings. The fourth-order valence-electron chi connectivity index (χ4n) is 7.29. The molecule has 0 saturated carbocycles. The van der Waals surface area contributed by atoms with E-state index in [4.69, 9.17) is 4.74 Å². The second-order valence-electron chi connectivity index (χ2n) is 17.0. The summed E-state index contributed by atoms with van der Waals surface area (Å²) in [5.41, 5.74) is 0. The maximum Gasteiger partial charge on any atom is 0.306 e. The van der Waals surface area contributed by atoms with E-state index < -0.39 is 18.2 Å². The first-order chi connectivity index (χ1) is 30.0. The Balaban J connectivity index is 4.75. The third kappa shape index (κ3) is 43.5. The number of unbranched alkanes of at least 4 members (excludes halogenated alkanes) is 23. The molecule has 0 saturated heterocycles. The number of ether oxygens (including phenoxy) is 1. The second kappa shape index (κ2) is 48.1. The van der Waals surface area contributed by atoms with Crippen molar-refractivity contribution in [1.29, 1.82) is 0 Å². The average Bonchev–Trinajstić information content (AvgIpc) is 3.25. The minimum absolute atomic E-state index is 0.0197. The van der Waals surface area contributed by atoms with Crippen LogP contribution in [-0.4, -0.2) is 46.9 Å². The van der Waals surface area contributed by atoms with Gasteiger partial charge in [-0.15, -0.1) is 0 Å². The van der Waals surface area contributed by atoms with Gasteiger partial charge in [-0.1, -0.05) is 234 Å². The average molecular weight is 850 g/mol. The number of carbonyl (C=O) groups is 2. The number of rotatable bonds is 44. The minimum atomic E-state index is -0.812. The van der Waals surface area contributed by atoms with Crippen LogP contribution >= 0.6 is 0 Å². The van der Waals surface area contributed by atoms with Gasteiger partial charge in [0.1, 0.15) is 6.10 Å². The standard InChI is InChI=1S/C55H95NO5/c1-4-7-10-13-16-19-22-24-26-28-30-33-36-39-42-45-48-55(60)61-51(46-43-40-37-34-32-29-27-25-23-20-17-14-11-8-5-2)49-54(59)56-52(50-57)53(58)47-44-41-38-35-31-21-18-15-12-9-6-3/h8,11,14,17,20,23,25-29,32,34,37,51-53,57-58H,4-7,9-10,12-13,15-16,18-19,21-22,24,30-31,33,35-36,38-50H2,1-3H3,(H,56,59)/b11-8-,17-14+,23-20+,27-25-,28-26+,32-29+,37-34+. The van der Waals surface area contributed by atoms with Gasteiger partial charge in [0.2, 0.25) is 5.91 Å². The molecule has 0 aliphatic carbocycles. The van der Waals surface area contributed by atoms with Gasteiger partial charge in [0, 0.05) is 6.42 Å². The quantitative estimate of drug-likeness (QED) is 0.0246. The van der Waals surface area contributed by atoms with Crippen molar-refractivity contribution >= 4 is 11.9 Å². The Morgan fingerprint density at radius 2 is 0.918 bits per heavy atom. The Morgan fingerprint density at radius 3 is 1.41 bits per heavy atom. The first kappa shape index (κ1) is 58.0. The molecule has 3 unspecified atom stereocenters. The lowest BCUT2D eigenvalue weighted by Crippen LogP contribution is -2.46. The number of carbonyl (C=O) groups excluding carboxylic acids is 2. The highest BCUT2D eigenvalue weighted by Crippen LogP contribution is 2.17. The molecule has 3 N–H and O–H groups in total. The van der Waals surface area contributed by atoms with E-state index >= 15 is 0 Å². The Labute approximate surface area is 376 Å². The predicted molar refractivity (Wildman–Crippen MR) is 264 cm³/mol. The van der Waals surface area contributed by atoms with Crippen LogP contribution in [-0.2, 0) is 14.3 Å². The minimum Gasteiger partial charge on any atom is -0.462 e. The van der Waals surface area contributed by atoms with Crippen LogP contribution in [0.3, 0.4) is 0 Å². The van der Waals surface area contributed by atoms with Gasteiger partial charge < -0.3 is 20.3 Å². The van der Waals surface area contributed by atoms with E-state index in [0.29, 0.717) is 19.3 Å². The van der Waals surface area contributed by atoms with Gasteiger partial charge in [-0.2, -0.15) is 0 Å². The van der Waals surface area contributed by atoms with Crippen LogP contribution in [0.2, 0.25) is 0 Å². The lowest BCUT2D eigenvalue weighted by atomic mass is 10.0. The summed E-state index contributed by atoms with van der Waals surface area (Å²) in [6.07, 6.45) is 62.1. The summed E-state index contributed by atoms with van der Waals surface area (Å²) in [6, 6.07) is -0.730. The zero-order valence-electron chi connectivity index (χ0n) is 39.8. The van der Waals surface area contributed by atoms with Crippen LogP contribution in [0.5, 0.6) is 0 Å². The predicted octanol–water partition coefficient (Wildman–Crippen LogP) is 15.2. The van der Waals surface area contributed by atoms with Gasteiger partial charge in [-0.25, -0.2) is 0 Å². The maximum atomic E-state index is 13.2. The monoisotopic (exact) mass is 850 g/mol. The Hall–Kier alpha value is -2.96. The Kier molecular flexibility index (Phi) is 45.7. The van der Waals surface area contributed by atoms with Gasteiger partial charge >= 0.3 is 5.97 Å². The van der Waals surface area contributed by atoms with E-state index in [2.05, 4.69) is 50.4 Å². The molecular formula is C55H95NO5. The Bertz CT molecular complexity index is 1180. The number of aliphatic hydroxyl groups excluding tert-OH is 2. The van der Waals surface area contributed by atoms with E-state index in [1.165, 1.54) is 116 Å². The summed E-state index contributed by atoms with van der Waals surface area (Å²) >= 11 is 0. The molecule has 6 nitrogen and oxygen atoms in total. The summed E-state index contributed by atoms with van der Waals surface area (Å²) in [5.74, 6) is -0.563. The molecule has 0 heterocycles. The highest BCUT2D eigenvalue weighted by Gasteiger charge is 2.24. The SMILES string of the molecule is CC\C=C/C=C/C=C/C=C\C=C\C=C\CCCC(CC(=O)NC(CO)C(O)CCCCCCCCCCCCC)OC(=O)CCCCCCC/C=C/CCCCCCCCC. The smallest absolute Gasteiger partial charge is 0.306 e. The molecule has 0 aromatic rings. The van der Waals surface area contributed by atoms with Crippen LogP contribution in [0.15, 0.2) is 85.1 Å². The van der Waals surface area contributed by atoms with Gasteiger partial charge in [0.05, 0.1) is 25.2 Å². The van der Waals surface area contributed by atoms with E-state index in [1.54, 1.807) is 0 Å². The lowest BCUT2D eigenvalue weighted by molar-refractivity contribution is -0.151. The normalized spacial score (nSPS) is 14.0. The first-order valence-corrected chi connectivity index (χ1v) is 25.4. The summed E-state index contributed by atoms with van der Waals surface area (Å²) in [6.45, 7) is 6.30. The molecule has 0 aliphatic heterocycles. The molecule has 61 heavy (non-hydrogen) atoms. The highest BCUT2D eigenvalue weighted by atomic mass is 16.5. The van der Waals surface area contributed by atoms with Crippen molar-refractivity contribution in [3.63, 3.8) is 0 Å². The number of esters is 1. The molecule has 0 aromatic heterocycles. The van der Waals surface area contributed by atoms with Crippen molar-refractivity contribution in [1.82, 2.24) is 5.32 Å². The number of aliphatic hydroxyl groups is 2. The van der Waals surface area contributed by atoms with E-state index in [0.717, 1.165) is 64.2 Å². The zero-order valence-corrected chi connectivity index (χ0v) is 39.8. The highest BCUT2D eigenvalue weighted by molar-refractivity contribution is 5.77. The fourth-order valence-corrected chi connectivity index (χ4v) is 7.29. The molecule has 0 fully saturated rings. The molecule has 0 aromatic carbocycles. The van der Waals surface area contributed by atoms with Crippen LogP contribution in [0.1, 0.15) is 226 Å². The molecule has 0 spiro atoms. The van der Waals surface area contributed by atoms with Crippen molar-refractivity contribution in [3.8, 4) is 0 Å². The maximum absolute atomic E-state index is 13.2. The number of hydrogen-bond acceptors (Lipinski definition) is 5. The van der Waals surface area contributed by atoms with Crippen molar-refractivity contribution < 1.29 is 24.5 Å². The summed E-state index contributed by atoms with van der Waals surface area (Å²) < 4.78 is 5.89. The molecule has 6 heteroatoms. The molecule has 0 radical (unpaired) electrons. The largest absolute Gasteiger partial charge is 0.462 e. The third-order valence-electron chi connectivity index (χ3n) is 11.1. The Morgan fingerprint density at radius 1 is 0.492 bits per heavy atom. The van der Waals surface area contributed by atoms with E-state index in [1.807, 2.05) is 60.8 Å². The molecule has 1 amide bonds. The third-order valence-corrected chi connectivity index (χ3v) is 11.1. The topological polar surface area (TPSA) is 95.9 Å². The summed E-state index contributed by atoms with van der Waals surface area (Å²) in [4.78, 5) is 26.1. The molecule has 350 valence electrons. The summed E-state index contributed by atoms with van der Waals surface area (Å²) in [7, 11) is 0. The van der Waals surface area contributed by atoms with Gasteiger partial charge in [0.15, 0.2) is 0 Å². The molecule has 0 bridgehead atoms. The van der Waals surface area contributed by atoms with Crippen LogP contribution in [0.25, 0.3) is 0 Å².